The van der Waals surface area contributed by atoms with Crippen molar-refractivity contribution in [3.8, 4) is 11.3 Å². The van der Waals surface area contributed by atoms with Gasteiger partial charge in [-0.15, -0.1) is 0 Å². The largest absolute Gasteiger partial charge is 0.478 e. The van der Waals surface area contributed by atoms with Gasteiger partial charge in [0, 0.05) is 18.3 Å². The minimum Gasteiger partial charge on any atom is -0.478 e. The Morgan fingerprint density at radius 3 is 2.54 bits per heavy atom. The summed E-state index contributed by atoms with van der Waals surface area (Å²) in [5, 5.41) is 16.0. The van der Waals surface area contributed by atoms with E-state index in [1.807, 2.05) is 6.92 Å². The van der Waals surface area contributed by atoms with Gasteiger partial charge < -0.3 is 9.84 Å². The van der Waals surface area contributed by atoms with Crippen LogP contribution < -0.4 is 5.32 Å². The number of aryl methyl sites for hydroxylation is 2. The standard InChI is InChI=1S/C17H21N3O4/c1-10-6-7-11(14-12(15(21)22)9-18-20(14)5)8-13(10)19-16(23)24-17(2,3)4/h6-9H,1-5H3,(H,19,23)(H,21,22). The van der Waals surface area contributed by atoms with Gasteiger partial charge in [-0.25, -0.2) is 9.59 Å². The molecule has 1 aromatic heterocycles. The minimum absolute atomic E-state index is 0.101. The number of ether oxygens (including phenoxy) is 1. The van der Waals surface area contributed by atoms with Gasteiger partial charge in [0.1, 0.15) is 11.2 Å². The Morgan fingerprint density at radius 1 is 1.29 bits per heavy atom. The van der Waals surface area contributed by atoms with E-state index in [1.54, 1.807) is 46.0 Å². The van der Waals surface area contributed by atoms with Gasteiger partial charge in [-0.05, 0) is 39.3 Å². The Hall–Kier alpha value is -2.83. The van der Waals surface area contributed by atoms with Gasteiger partial charge in [0.25, 0.3) is 0 Å². The zero-order valence-corrected chi connectivity index (χ0v) is 14.4. The Balaban J connectivity index is 2.38. The number of carbonyl (C=O) groups excluding carboxylic acids is 1. The van der Waals surface area contributed by atoms with E-state index in [1.165, 1.54) is 10.9 Å². The molecule has 0 radical (unpaired) electrons. The van der Waals surface area contributed by atoms with Crippen LogP contribution in [-0.4, -0.2) is 32.6 Å². The Bertz CT molecular complexity index is 788. The topological polar surface area (TPSA) is 93.5 Å². The number of aromatic carboxylic acids is 1. The molecule has 1 amide bonds. The molecule has 0 aliphatic rings. The highest BCUT2D eigenvalue weighted by molar-refractivity contribution is 5.95. The Labute approximate surface area is 140 Å². The lowest BCUT2D eigenvalue weighted by atomic mass is 10.0. The molecule has 128 valence electrons. The molecule has 7 nitrogen and oxygen atoms in total. The van der Waals surface area contributed by atoms with Gasteiger partial charge in [-0.3, -0.25) is 10.00 Å². The maximum Gasteiger partial charge on any atom is 0.412 e. The van der Waals surface area contributed by atoms with Crippen LogP contribution in [0.2, 0.25) is 0 Å². The van der Waals surface area contributed by atoms with Gasteiger partial charge in [-0.2, -0.15) is 5.10 Å². The molecule has 0 aliphatic carbocycles. The Morgan fingerprint density at radius 2 is 1.96 bits per heavy atom. The number of carboxylic acids is 1. The molecule has 2 rings (SSSR count). The molecular weight excluding hydrogens is 310 g/mol. The highest BCUT2D eigenvalue weighted by Crippen LogP contribution is 2.28. The normalized spacial score (nSPS) is 11.2. The van der Waals surface area contributed by atoms with Crippen molar-refractivity contribution < 1.29 is 19.4 Å². The lowest BCUT2D eigenvalue weighted by Gasteiger charge is -2.20. The van der Waals surface area contributed by atoms with Crippen molar-refractivity contribution in [1.82, 2.24) is 9.78 Å². The molecule has 1 heterocycles. The van der Waals surface area contributed by atoms with E-state index >= 15 is 0 Å². The summed E-state index contributed by atoms with van der Waals surface area (Å²) in [6, 6.07) is 5.31. The fourth-order valence-corrected chi connectivity index (χ4v) is 2.25. The summed E-state index contributed by atoms with van der Waals surface area (Å²) >= 11 is 0. The summed E-state index contributed by atoms with van der Waals surface area (Å²) in [5.74, 6) is -1.06. The van der Waals surface area contributed by atoms with E-state index in [0.29, 0.717) is 16.9 Å². The molecule has 0 saturated carbocycles. The highest BCUT2D eigenvalue weighted by Gasteiger charge is 2.19. The summed E-state index contributed by atoms with van der Waals surface area (Å²) in [7, 11) is 1.67. The van der Waals surface area contributed by atoms with Crippen LogP contribution in [0.4, 0.5) is 10.5 Å². The average Bonchev–Trinajstić information content (AvgIpc) is 2.81. The number of amides is 1. The van der Waals surface area contributed by atoms with Crippen molar-refractivity contribution in [3.63, 3.8) is 0 Å². The van der Waals surface area contributed by atoms with Crippen molar-refractivity contribution in [2.24, 2.45) is 7.05 Å². The summed E-state index contributed by atoms with van der Waals surface area (Å²) < 4.78 is 6.74. The molecule has 0 atom stereocenters. The second-order valence-electron chi connectivity index (χ2n) is 6.49. The van der Waals surface area contributed by atoms with Gasteiger partial charge in [0.2, 0.25) is 0 Å². The summed E-state index contributed by atoms with van der Waals surface area (Å²) in [5.41, 5.74) is 2.00. The van der Waals surface area contributed by atoms with Gasteiger partial charge in [-0.1, -0.05) is 12.1 Å². The molecule has 24 heavy (non-hydrogen) atoms. The summed E-state index contributed by atoms with van der Waals surface area (Å²) in [4.78, 5) is 23.3. The number of hydrogen-bond acceptors (Lipinski definition) is 4. The number of nitrogens with zero attached hydrogens (tertiary/aromatic N) is 2. The van der Waals surface area contributed by atoms with Crippen LogP contribution in [0.1, 0.15) is 36.7 Å². The minimum atomic E-state index is -1.06. The molecule has 2 N–H and O–H groups in total. The van der Waals surface area contributed by atoms with Crippen LogP contribution in [0.25, 0.3) is 11.3 Å². The number of carbonyl (C=O) groups is 2. The van der Waals surface area contributed by atoms with E-state index in [-0.39, 0.29) is 5.56 Å². The molecule has 0 fully saturated rings. The highest BCUT2D eigenvalue weighted by atomic mass is 16.6. The third kappa shape index (κ3) is 3.92. The van der Waals surface area contributed by atoms with E-state index in [4.69, 9.17) is 4.74 Å². The Kier molecular flexibility index (Phi) is 4.64. The van der Waals surface area contributed by atoms with Crippen molar-refractivity contribution >= 4 is 17.7 Å². The molecule has 0 unspecified atom stereocenters. The lowest BCUT2D eigenvalue weighted by molar-refractivity contribution is 0.0634. The van der Waals surface area contributed by atoms with Crippen LogP contribution in [-0.2, 0) is 11.8 Å². The van der Waals surface area contributed by atoms with Crippen LogP contribution in [0, 0.1) is 6.92 Å². The predicted octanol–water partition coefficient (Wildman–Crippen LogP) is 3.44. The quantitative estimate of drug-likeness (QED) is 0.898. The smallest absolute Gasteiger partial charge is 0.412 e. The predicted molar refractivity (Wildman–Crippen MR) is 90.2 cm³/mol. The lowest BCUT2D eigenvalue weighted by Crippen LogP contribution is -2.27. The number of aromatic nitrogens is 2. The molecule has 1 aromatic carbocycles. The van der Waals surface area contributed by atoms with Crippen molar-refractivity contribution in [3.05, 3.63) is 35.5 Å². The zero-order valence-electron chi connectivity index (χ0n) is 14.4. The molecule has 0 spiro atoms. The van der Waals surface area contributed by atoms with Gasteiger partial charge in [0.05, 0.1) is 11.9 Å². The first-order valence-corrected chi connectivity index (χ1v) is 7.45. The molecule has 0 aliphatic heterocycles. The van der Waals surface area contributed by atoms with Crippen LogP contribution in [0.15, 0.2) is 24.4 Å². The van der Waals surface area contributed by atoms with Gasteiger partial charge >= 0.3 is 12.1 Å². The first-order valence-electron chi connectivity index (χ1n) is 7.45. The third-order valence-corrected chi connectivity index (χ3v) is 3.32. The second kappa shape index (κ2) is 6.35. The number of anilines is 1. The average molecular weight is 331 g/mol. The fraction of sp³-hybridized carbons (Fsp3) is 0.353. The molecule has 7 heteroatoms. The fourth-order valence-electron chi connectivity index (χ4n) is 2.25. The number of rotatable bonds is 3. The van der Waals surface area contributed by atoms with E-state index in [9.17, 15) is 14.7 Å². The summed E-state index contributed by atoms with van der Waals surface area (Å²) in [6.07, 6.45) is 0.740. The molecule has 0 saturated heterocycles. The van der Waals surface area contributed by atoms with E-state index in [2.05, 4.69) is 10.4 Å². The number of carboxylic acid groups (broad SMARTS) is 1. The van der Waals surface area contributed by atoms with Crippen molar-refractivity contribution in [2.45, 2.75) is 33.3 Å². The maximum absolute atomic E-state index is 12.0. The summed E-state index contributed by atoms with van der Waals surface area (Å²) in [6.45, 7) is 7.19. The third-order valence-electron chi connectivity index (χ3n) is 3.32. The van der Waals surface area contributed by atoms with Gasteiger partial charge in [0.15, 0.2) is 0 Å². The first-order chi connectivity index (χ1) is 11.1. The van der Waals surface area contributed by atoms with E-state index < -0.39 is 17.7 Å². The maximum atomic E-state index is 12.0. The van der Waals surface area contributed by atoms with Crippen LogP contribution >= 0.6 is 0 Å². The number of benzene rings is 1. The van der Waals surface area contributed by atoms with Crippen LogP contribution in [0.3, 0.4) is 0 Å². The molecule has 2 aromatic rings. The molecular formula is C17H21N3O4. The second-order valence-corrected chi connectivity index (χ2v) is 6.49. The number of hydrogen-bond donors (Lipinski definition) is 2. The van der Waals surface area contributed by atoms with Crippen molar-refractivity contribution in [1.29, 1.82) is 0 Å². The number of nitrogens with one attached hydrogen (secondary N) is 1. The zero-order chi connectivity index (χ0) is 18.1. The SMILES string of the molecule is Cc1ccc(-c2c(C(=O)O)cnn2C)cc1NC(=O)OC(C)(C)C. The van der Waals surface area contributed by atoms with Crippen molar-refractivity contribution in [2.75, 3.05) is 5.32 Å². The van der Waals surface area contributed by atoms with Crippen LogP contribution in [0.5, 0.6) is 0 Å². The molecule has 0 bridgehead atoms. The van der Waals surface area contributed by atoms with E-state index in [0.717, 1.165) is 5.56 Å². The monoisotopic (exact) mass is 331 g/mol. The first kappa shape index (κ1) is 17.5.